The van der Waals surface area contributed by atoms with E-state index in [4.69, 9.17) is 4.74 Å². The highest BCUT2D eigenvalue weighted by molar-refractivity contribution is 6.08. The third kappa shape index (κ3) is 6.74. The molecule has 0 aliphatic rings. The zero-order valence-electron chi connectivity index (χ0n) is 19.4. The van der Waals surface area contributed by atoms with Crippen LogP contribution in [0.5, 0.6) is 11.6 Å². The lowest BCUT2D eigenvalue weighted by molar-refractivity contribution is 0.103. The molecule has 6 nitrogen and oxygen atoms in total. The van der Waals surface area contributed by atoms with Gasteiger partial charge in [0.05, 0.1) is 16.7 Å². The Morgan fingerprint density at radius 1 is 0.839 bits per heavy atom. The molecule has 6 heteroatoms. The third-order valence-corrected chi connectivity index (χ3v) is 3.77. The summed E-state index contributed by atoms with van der Waals surface area (Å²) in [5, 5.41) is 0. The number of H-pyrrole nitrogens is 1. The molecule has 4 rings (SSSR count). The summed E-state index contributed by atoms with van der Waals surface area (Å²) in [6.07, 6.45) is 3.18. The lowest BCUT2D eigenvalue weighted by Crippen LogP contribution is -2.03. The highest BCUT2D eigenvalue weighted by Crippen LogP contribution is 2.22. The number of ketones is 1. The van der Waals surface area contributed by atoms with Gasteiger partial charge < -0.3 is 9.72 Å². The quantitative estimate of drug-likeness (QED) is 0.369. The Balaban J connectivity index is 0.000000739. The van der Waals surface area contributed by atoms with Crippen molar-refractivity contribution >= 4 is 16.8 Å². The fourth-order valence-corrected chi connectivity index (χ4v) is 2.48. The number of rotatable bonds is 4. The van der Waals surface area contributed by atoms with Crippen LogP contribution in [0.4, 0.5) is 0 Å². The number of hydrogen-bond acceptors (Lipinski definition) is 5. The number of ether oxygens (including phenoxy) is 1. The van der Waals surface area contributed by atoms with Crippen LogP contribution in [0.15, 0.2) is 60.9 Å². The van der Waals surface area contributed by atoms with E-state index in [1.165, 1.54) is 0 Å². The first-order valence-electron chi connectivity index (χ1n) is 10.8. The number of para-hydroxylation sites is 2. The molecule has 0 unspecified atom stereocenters. The van der Waals surface area contributed by atoms with Crippen molar-refractivity contribution in [3.8, 4) is 11.6 Å². The number of carbonyl (C=O) groups excluding carboxylic acids is 1. The molecular formula is C25H32N4O2. The Morgan fingerprint density at radius 3 is 2.06 bits per heavy atom. The van der Waals surface area contributed by atoms with Crippen molar-refractivity contribution in [3.63, 3.8) is 0 Å². The Bertz CT molecular complexity index is 1020. The van der Waals surface area contributed by atoms with E-state index in [2.05, 4.69) is 19.9 Å². The first-order valence-corrected chi connectivity index (χ1v) is 10.8. The van der Waals surface area contributed by atoms with Crippen LogP contribution in [0.2, 0.25) is 0 Å². The van der Waals surface area contributed by atoms with Crippen molar-refractivity contribution in [2.24, 2.45) is 0 Å². The molecule has 4 aromatic rings. The topological polar surface area (TPSA) is 80.8 Å². The number of nitrogens with one attached hydrogen (secondary N) is 1. The molecule has 2 aromatic heterocycles. The number of aromatic amines is 1. The second kappa shape index (κ2) is 13.6. The number of imidazole rings is 1. The molecule has 31 heavy (non-hydrogen) atoms. The maximum atomic E-state index is 12.6. The molecule has 0 aliphatic carbocycles. The van der Waals surface area contributed by atoms with Gasteiger partial charge in [0.15, 0.2) is 5.82 Å². The van der Waals surface area contributed by atoms with Crippen molar-refractivity contribution in [1.29, 1.82) is 0 Å². The number of aromatic nitrogens is 4. The van der Waals surface area contributed by atoms with Crippen molar-refractivity contribution in [2.45, 2.75) is 48.5 Å². The molecule has 0 fully saturated rings. The smallest absolute Gasteiger partial charge is 0.240 e. The van der Waals surface area contributed by atoms with Crippen molar-refractivity contribution < 1.29 is 9.53 Å². The van der Waals surface area contributed by atoms with E-state index in [1.54, 1.807) is 36.7 Å². The maximum absolute atomic E-state index is 12.6. The summed E-state index contributed by atoms with van der Waals surface area (Å²) in [7, 11) is 0. The Kier molecular flexibility index (Phi) is 11.2. The predicted molar refractivity (Wildman–Crippen MR) is 127 cm³/mol. The molecule has 2 heterocycles. The van der Waals surface area contributed by atoms with E-state index in [1.807, 2.05) is 72.7 Å². The van der Waals surface area contributed by atoms with E-state index >= 15 is 0 Å². The van der Waals surface area contributed by atoms with Gasteiger partial charge in [-0.2, -0.15) is 0 Å². The Morgan fingerprint density at radius 2 is 1.45 bits per heavy atom. The first kappa shape index (κ1) is 25.5. The second-order valence-corrected chi connectivity index (χ2v) is 5.51. The SMILES string of the molecule is CC.CC.CC.Cc1nccnc1Oc1ccc(C(=O)c2nc3ccccc3[nH]2)cc1. The standard InChI is InChI=1S/C19H14N4O2.3C2H6/c1-12-19(21-11-10-20-12)25-14-8-6-13(7-9-14)17(24)18-22-15-4-2-3-5-16(15)23-18;3*1-2/h2-11H,1H3,(H,22,23);3*1-2H3. The van der Waals surface area contributed by atoms with Gasteiger partial charge in [0.2, 0.25) is 11.7 Å². The molecule has 0 spiro atoms. The van der Waals surface area contributed by atoms with Gasteiger partial charge in [-0.1, -0.05) is 53.7 Å². The largest absolute Gasteiger partial charge is 0.437 e. The van der Waals surface area contributed by atoms with E-state index in [0.717, 1.165) is 11.0 Å². The lowest BCUT2D eigenvalue weighted by Gasteiger charge is -2.06. The van der Waals surface area contributed by atoms with Gasteiger partial charge in [0, 0.05) is 18.0 Å². The Labute approximate surface area is 184 Å². The van der Waals surface area contributed by atoms with Gasteiger partial charge in [0.1, 0.15) is 5.75 Å². The average molecular weight is 421 g/mol. The number of fused-ring (bicyclic) bond motifs is 1. The minimum absolute atomic E-state index is 0.168. The summed E-state index contributed by atoms with van der Waals surface area (Å²) >= 11 is 0. The fourth-order valence-electron chi connectivity index (χ4n) is 2.48. The summed E-state index contributed by atoms with van der Waals surface area (Å²) in [4.78, 5) is 28.2. The maximum Gasteiger partial charge on any atom is 0.240 e. The number of carbonyl (C=O) groups is 1. The molecule has 164 valence electrons. The monoisotopic (exact) mass is 420 g/mol. The summed E-state index contributed by atoms with van der Waals surface area (Å²) < 4.78 is 5.69. The van der Waals surface area contributed by atoms with Crippen LogP contribution in [0.25, 0.3) is 11.0 Å². The van der Waals surface area contributed by atoms with Crippen molar-refractivity contribution in [1.82, 2.24) is 19.9 Å². The molecule has 0 bridgehead atoms. The molecule has 0 saturated carbocycles. The van der Waals surface area contributed by atoms with Crippen LogP contribution in [0, 0.1) is 6.92 Å². The summed E-state index contributed by atoms with van der Waals surface area (Å²) in [6.45, 7) is 13.8. The zero-order valence-corrected chi connectivity index (χ0v) is 19.4. The zero-order chi connectivity index (χ0) is 23.2. The van der Waals surface area contributed by atoms with Crippen LogP contribution >= 0.6 is 0 Å². The Hall–Kier alpha value is -3.54. The third-order valence-electron chi connectivity index (χ3n) is 3.77. The van der Waals surface area contributed by atoms with Crippen LogP contribution in [0.1, 0.15) is 63.4 Å². The van der Waals surface area contributed by atoms with Crippen LogP contribution in [-0.2, 0) is 0 Å². The van der Waals surface area contributed by atoms with Crippen LogP contribution in [0.3, 0.4) is 0 Å². The number of benzene rings is 2. The van der Waals surface area contributed by atoms with Gasteiger partial charge in [-0.15, -0.1) is 0 Å². The molecule has 2 aromatic carbocycles. The normalized spacial score (nSPS) is 9.26. The molecular weight excluding hydrogens is 388 g/mol. The van der Waals surface area contributed by atoms with Gasteiger partial charge in [-0.05, 0) is 43.3 Å². The van der Waals surface area contributed by atoms with E-state index in [-0.39, 0.29) is 5.78 Å². The molecule has 0 amide bonds. The molecule has 0 radical (unpaired) electrons. The summed E-state index contributed by atoms with van der Waals surface area (Å²) in [5.41, 5.74) is 2.83. The van der Waals surface area contributed by atoms with Gasteiger partial charge in [-0.25, -0.2) is 9.97 Å². The van der Waals surface area contributed by atoms with E-state index < -0.39 is 0 Å². The first-order chi connectivity index (χ1) is 15.2. The summed E-state index contributed by atoms with van der Waals surface area (Å²) in [6, 6.07) is 14.4. The van der Waals surface area contributed by atoms with Crippen molar-refractivity contribution in [2.75, 3.05) is 0 Å². The molecule has 1 N–H and O–H groups in total. The van der Waals surface area contributed by atoms with E-state index in [9.17, 15) is 4.79 Å². The minimum Gasteiger partial charge on any atom is -0.437 e. The second-order valence-electron chi connectivity index (χ2n) is 5.51. The van der Waals surface area contributed by atoms with Crippen LogP contribution < -0.4 is 4.74 Å². The predicted octanol–water partition coefficient (Wildman–Crippen LogP) is 6.76. The fraction of sp³-hybridized carbons (Fsp3) is 0.280. The minimum atomic E-state index is -0.168. The highest BCUT2D eigenvalue weighted by atomic mass is 16.5. The number of aryl methyl sites for hydroxylation is 1. The molecule has 0 aliphatic heterocycles. The van der Waals surface area contributed by atoms with Gasteiger partial charge in [0.25, 0.3) is 0 Å². The molecule has 0 atom stereocenters. The lowest BCUT2D eigenvalue weighted by atomic mass is 10.1. The van der Waals surface area contributed by atoms with Gasteiger partial charge >= 0.3 is 0 Å². The number of nitrogens with zero attached hydrogens (tertiary/aromatic N) is 3. The highest BCUT2D eigenvalue weighted by Gasteiger charge is 2.14. The average Bonchev–Trinajstić information content (AvgIpc) is 3.29. The molecule has 0 saturated heterocycles. The van der Waals surface area contributed by atoms with Crippen LogP contribution in [-0.4, -0.2) is 25.7 Å². The summed E-state index contributed by atoms with van der Waals surface area (Å²) in [5.74, 6) is 1.18. The number of hydrogen-bond donors (Lipinski definition) is 1. The van der Waals surface area contributed by atoms with E-state index in [0.29, 0.717) is 28.7 Å². The van der Waals surface area contributed by atoms with Crippen molar-refractivity contribution in [3.05, 3.63) is 78.0 Å². The van der Waals surface area contributed by atoms with Gasteiger partial charge in [-0.3, -0.25) is 9.78 Å².